The normalized spacial score (nSPS) is 16.0. The molecular formula is C13H12F3N3O. The van der Waals surface area contributed by atoms with Gasteiger partial charge in [0, 0.05) is 31.7 Å². The molecule has 1 aliphatic rings. The van der Waals surface area contributed by atoms with Crippen molar-refractivity contribution in [1.82, 2.24) is 9.80 Å². The second kappa shape index (κ2) is 5.92. The van der Waals surface area contributed by atoms with Gasteiger partial charge in [-0.1, -0.05) is 0 Å². The van der Waals surface area contributed by atoms with E-state index in [1.54, 1.807) is 0 Å². The summed E-state index contributed by atoms with van der Waals surface area (Å²) in [6.45, 7) is 2.04. The van der Waals surface area contributed by atoms with Crippen LogP contribution in [0.2, 0.25) is 0 Å². The Morgan fingerprint density at radius 3 is 2.20 bits per heavy atom. The Hall–Kier alpha value is -2.07. The van der Waals surface area contributed by atoms with Crippen LogP contribution in [0.25, 0.3) is 0 Å². The molecule has 106 valence electrons. The number of rotatable bonds is 2. The Kier molecular flexibility index (Phi) is 4.25. The van der Waals surface area contributed by atoms with Crippen LogP contribution >= 0.6 is 0 Å². The summed E-state index contributed by atoms with van der Waals surface area (Å²) in [6, 6.07) is 3.41. The molecule has 0 radical (unpaired) electrons. The highest BCUT2D eigenvalue weighted by Gasteiger charge is 2.23. The molecular weight excluding hydrogens is 271 g/mol. The number of carbonyl (C=O) groups is 1. The lowest BCUT2D eigenvalue weighted by Crippen LogP contribution is -2.48. The predicted molar refractivity (Wildman–Crippen MR) is 64.3 cm³/mol. The van der Waals surface area contributed by atoms with Crippen LogP contribution in [-0.2, 0) is 0 Å². The number of halogens is 3. The fourth-order valence-corrected chi connectivity index (χ4v) is 2.07. The molecule has 0 spiro atoms. The van der Waals surface area contributed by atoms with Crippen molar-refractivity contribution < 1.29 is 18.0 Å². The first-order valence-corrected chi connectivity index (χ1v) is 6.06. The lowest BCUT2D eigenvalue weighted by atomic mass is 10.1. The van der Waals surface area contributed by atoms with E-state index in [-0.39, 0.29) is 12.1 Å². The number of hydrogen-bond acceptors (Lipinski definition) is 3. The molecule has 0 bridgehead atoms. The third-order valence-electron chi connectivity index (χ3n) is 3.18. The van der Waals surface area contributed by atoms with Crippen molar-refractivity contribution in [2.24, 2.45) is 0 Å². The summed E-state index contributed by atoms with van der Waals surface area (Å²) in [5, 5.41) is 8.57. The van der Waals surface area contributed by atoms with Crippen molar-refractivity contribution in [2.75, 3.05) is 32.7 Å². The molecule has 1 saturated heterocycles. The summed E-state index contributed by atoms with van der Waals surface area (Å²) in [6.07, 6.45) is 0. The van der Waals surface area contributed by atoms with E-state index in [4.69, 9.17) is 5.26 Å². The Labute approximate surface area is 114 Å². The van der Waals surface area contributed by atoms with Gasteiger partial charge in [0.1, 0.15) is 0 Å². The van der Waals surface area contributed by atoms with Crippen LogP contribution in [0.5, 0.6) is 0 Å². The van der Waals surface area contributed by atoms with Crippen LogP contribution < -0.4 is 0 Å². The zero-order valence-corrected chi connectivity index (χ0v) is 10.6. The summed E-state index contributed by atoms with van der Waals surface area (Å²) in [5.41, 5.74) is -0.213. The molecule has 7 heteroatoms. The molecule has 0 aromatic heterocycles. The number of nitriles is 1. The van der Waals surface area contributed by atoms with Crippen molar-refractivity contribution >= 4 is 5.91 Å². The van der Waals surface area contributed by atoms with E-state index in [0.29, 0.717) is 38.3 Å². The van der Waals surface area contributed by atoms with E-state index in [9.17, 15) is 18.0 Å². The highest BCUT2D eigenvalue weighted by atomic mass is 19.2. The van der Waals surface area contributed by atoms with Crippen molar-refractivity contribution in [3.05, 3.63) is 35.1 Å². The average Bonchev–Trinajstić information content (AvgIpc) is 2.44. The molecule has 1 fully saturated rings. The Bertz CT molecular complexity index is 539. The van der Waals surface area contributed by atoms with E-state index in [1.807, 2.05) is 11.0 Å². The van der Waals surface area contributed by atoms with Gasteiger partial charge in [0.15, 0.2) is 17.5 Å². The summed E-state index contributed by atoms with van der Waals surface area (Å²) in [5.74, 6) is -4.88. The van der Waals surface area contributed by atoms with Gasteiger partial charge in [-0.2, -0.15) is 5.26 Å². The topological polar surface area (TPSA) is 47.3 Å². The van der Waals surface area contributed by atoms with Crippen molar-refractivity contribution in [1.29, 1.82) is 5.26 Å². The summed E-state index contributed by atoms with van der Waals surface area (Å²) in [4.78, 5) is 15.4. The number of amides is 1. The van der Waals surface area contributed by atoms with E-state index in [1.165, 1.54) is 4.90 Å². The number of piperazine rings is 1. The van der Waals surface area contributed by atoms with Crippen LogP contribution in [0, 0.1) is 28.8 Å². The number of benzene rings is 1. The van der Waals surface area contributed by atoms with Gasteiger partial charge < -0.3 is 4.90 Å². The molecule has 1 aromatic rings. The van der Waals surface area contributed by atoms with Crippen molar-refractivity contribution in [3.63, 3.8) is 0 Å². The van der Waals surface area contributed by atoms with Crippen LogP contribution in [0.1, 0.15) is 10.4 Å². The van der Waals surface area contributed by atoms with Gasteiger partial charge in [-0.3, -0.25) is 9.69 Å². The highest BCUT2D eigenvalue weighted by molar-refractivity contribution is 5.94. The lowest BCUT2D eigenvalue weighted by molar-refractivity contribution is 0.0650. The fraction of sp³-hybridized carbons (Fsp3) is 0.385. The fourth-order valence-electron chi connectivity index (χ4n) is 2.07. The first-order valence-electron chi connectivity index (χ1n) is 6.06. The van der Waals surface area contributed by atoms with E-state index < -0.39 is 23.4 Å². The van der Waals surface area contributed by atoms with Crippen LogP contribution in [-0.4, -0.2) is 48.4 Å². The zero-order valence-electron chi connectivity index (χ0n) is 10.6. The number of carbonyl (C=O) groups excluding carboxylic acids is 1. The third kappa shape index (κ3) is 2.91. The summed E-state index contributed by atoms with van der Waals surface area (Å²) in [7, 11) is 0. The van der Waals surface area contributed by atoms with E-state index >= 15 is 0 Å². The first-order chi connectivity index (χ1) is 9.52. The molecule has 20 heavy (non-hydrogen) atoms. The largest absolute Gasteiger partial charge is 0.336 e. The van der Waals surface area contributed by atoms with Crippen LogP contribution in [0.3, 0.4) is 0 Å². The minimum absolute atomic E-state index is 0.213. The number of hydrogen-bond donors (Lipinski definition) is 0. The molecule has 0 aliphatic carbocycles. The standard InChI is InChI=1S/C13H12F3N3O/c14-10-7-9(8-11(15)12(10)16)13(20)19-5-3-18(2-1-17)4-6-19/h7-8H,2-6H2. The average molecular weight is 283 g/mol. The number of nitrogens with zero attached hydrogens (tertiary/aromatic N) is 3. The quantitative estimate of drug-likeness (QED) is 0.608. The maximum Gasteiger partial charge on any atom is 0.254 e. The maximum absolute atomic E-state index is 13.1. The van der Waals surface area contributed by atoms with Gasteiger partial charge in [0.05, 0.1) is 12.6 Å². The molecule has 2 rings (SSSR count). The van der Waals surface area contributed by atoms with Gasteiger partial charge in [-0.15, -0.1) is 0 Å². The monoisotopic (exact) mass is 283 g/mol. The molecule has 4 nitrogen and oxygen atoms in total. The first kappa shape index (κ1) is 14.3. The second-order valence-electron chi connectivity index (χ2n) is 4.48. The van der Waals surface area contributed by atoms with Gasteiger partial charge in [0.25, 0.3) is 5.91 Å². The third-order valence-corrected chi connectivity index (χ3v) is 3.18. The second-order valence-corrected chi connectivity index (χ2v) is 4.48. The molecule has 0 unspecified atom stereocenters. The van der Waals surface area contributed by atoms with Crippen LogP contribution in [0.15, 0.2) is 12.1 Å². The molecule has 0 saturated carbocycles. The summed E-state index contributed by atoms with van der Waals surface area (Å²) < 4.78 is 39.0. The minimum Gasteiger partial charge on any atom is -0.336 e. The minimum atomic E-state index is -1.58. The van der Waals surface area contributed by atoms with E-state index in [2.05, 4.69) is 0 Å². The Morgan fingerprint density at radius 2 is 1.70 bits per heavy atom. The molecule has 0 atom stereocenters. The van der Waals surface area contributed by atoms with Gasteiger partial charge in [0.2, 0.25) is 0 Å². The molecule has 1 aliphatic heterocycles. The molecule has 1 amide bonds. The Morgan fingerprint density at radius 1 is 1.15 bits per heavy atom. The highest BCUT2D eigenvalue weighted by Crippen LogP contribution is 2.16. The smallest absolute Gasteiger partial charge is 0.254 e. The van der Waals surface area contributed by atoms with E-state index in [0.717, 1.165) is 0 Å². The van der Waals surface area contributed by atoms with Crippen LogP contribution in [0.4, 0.5) is 13.2 Å². The van der Waals surface area contributed by atoms with Gasteiger partial charge in [-0.25, -0.2) is 13.2 Å². The molecule has 1 heterocycles. The predicted octanol–water partition coefficient (Wildman–Crippen LogP) is 1.39. The molecule has 0 N–H and O–H groups in total. The SMILES string of the molecule is N#CCN1CCN(C(=O)c2cc(F)c(F)c(F)c2)CC1. The summed E-state index contributed by atoms with van der Waals surface area (Å²) >= 11 is 0. The lowest BCUT2D eigenvalue weighted by Gasteiger charge is -2.33. The maximum atomic E-state index is 13.1. The zero-order chi connectivity index (χ0) is 14.7. The Balaban J connectivity index is 2.08. The molecule has 1 aromatic carbocycles. The van der Waals surface area contributed by atoms with Gasteiger partial charge in [-0.05, 0) is 12.1 Å². The van der Waals surface area contributed by atoms with Crippen molar-refractivity contribution in [2.45, 2.75) is 0 Å². The van der Waals surface area contributed by atoms with Gasteiger partial charge >= 0.3 is 0 Å². The van der Waals surface area contributed by atoms with Crippen molar-refractivity contribution in [3.8, 4) is 6.07 Å².